The van der Waals surface area contributed by atoms with E-state index in [1.54, 1.807) is 6.92 Å². The van der Waals surface area contributed by atoms with E-state index in [1.807, 2.05) is 0 Å². The van der Waals surface area contributed by atoms with E-state index in [0.29, 0.717) is 6.61 Å². The Morgan fingerprint density at radius 2 is 2.35 bits per heavy atom. The summed E-state index contributed by atoms with van der Waals surface area (Å²) in [4.78, 5) is 22.2. The van der Waals surface area contributed by atoms with Gasteiger partial charge in [-0.15, -0.1) is 0 Å². The van der Waals surface area contributed by atoms with Gasteiger partial charge in [-0.3, -0.25) is 9.59 Å². The molecule has 0 saturated carbocycles. The van der Waals surface area contributed by atoms with Crippen molar-refractivity contribution >= 4 is 11.9 Å². The van der Waals surface area contributed by atoms with Gasteiger partial charge in [0.05, 0.1) is 18.6 Å². The zero-order chi connectivity index (χ0) is 12.7. The summed E-state index contributed by atoms with van der Waals surface area (Å²) in [5, 5.41) is 14.5. The van der Waals surface area contributed by atoms with Crippen LogP contribution in [0.3, 0.4) is 0 Å². The molecule has 1 aliphatic heterocycles. The van der Waals surface area contributed by atoms with Gasteiger partial charge in [0.15, 0.2) is 0 Å². The Kier molecular flexibility index (Phi) is 5.93. The van der Waals surface area contributed by atoms with E-state index < -0.39 is 12.1 Å². The molecule has 1 heterocycles. The van der Waals surface area contributed by atoms with Gasteiger partial charge in [0, 0.05) is 13.2 Å². The van der Waals surface area contributed by atoms with Gasteiger partial charge in [0.25, 0.3) is 0 Å². The van der Waals surface area contributed by atoms with Crippen LogP contribution in [0, 0.1) is 0 Å². The molecule has 0 aromatic carbocycles. The molecule has 1 fully saturated rings. The van der Waals surface area contributed by atoms with E-state index in [9.17, 15) is 9.59 Å². The average molecular weight is 244 g/mol. The van der Waals surface area contributed by atoms with Crippen LogP contribution in [-0.4, -0.2) is 48.8 Å². The summed E-state index contributed by atoms with van der Waals surface area (Å²) in [5.74, 6) is -0.991. The predicted molar refractivity (Wildman–Crippen MR) is 61.7 cm³/mol. The molecule has 0 aromatic heterocycles. The minimum Gasteiger partial charge on any atom is -0.481 e. The lowest BCUT2D eigenvalue weighted by Gasteiger charge is -2.17. The summed E-state index contributed by atoms with van der Waals surface area (Å²) in [6.45, 7) is 3.35. The fourth-order valence-electron chi connectivity index (χ4n) is 1.87. The molecule has 1 aliphatic rings. The molecule has 1 amide bonds. The number of carbonyl (C=O) groups is 2. The molecule has 1 saturated heterocycles. The first-order valence-electron chi connectivity index (χ1n) is 5.98. The van der Waals surface area contributed by atoms with Crippen molar-refractivity contribution in [2.75, 3.05) is 19.7 Å². The number of amides is 1. The quantitative estimate of drug-likeness (QED) is 0.574. The Balaban J connectivity index is 2.29. The van der Waals surface area contributed by atoms with E-state index in [-0.39, 0.29) is 24.9 Å². The molecule has 2 atom stereocenters. The lowest BCUT2D eigenvalue weighted by atomic mass is 10.2. The number of rotatable bonds is 7. The molecule has 0 radical (unpaired) electrons. The molecule has 1 unspecified atom stereocenters. The SMILES string of the molecule is CCOC(CNC(=O)[C@@H]1CCCN1)CC(=O)O. The second kappa shape index (κ2) is 7.24. The topological polar surface area (TPSA) is 87.7 Å². The molecule has 6 nitrogen and oxygen atoms in total. The maximum absolute atomic E-state index is 11.7. The van der Waals surface area contributed by atoms with E-state index >= 15 is 0 Å². The van der Waals surface area contributed by atoms with Crippen molar-refractivity contribution in [3.63, 3.8) is 0 Å². The summed E-state index contributed by atoms with van der Waals surface area (Å²) < 4.78 is 5.25. The van der Waals surface area contributed by atoms with Gasteiger partial charge in [0.1, 0.15) is 0 Å². The van der Waals surface area contributed by atoms with Crippen LogP contribution < -0.4 is 10.6 Å². The second-order valence-corrected chi connectivity index (χ2v) is 4.07. The highest BCUT2D eigenvalue weighted by Crippen LogP contribution is 2.05. The van der Waals surface area contributed by atoms with Gasteiger partial charge in [-0.25, -0.2) is 0 Å². The number of aliphatic carboxylic acids is 1. The maximum atomic E-state index is 11.7. The number of hydrogen-bond acceptors (Lipinski definition) is 4. The Morgan fingerprint density at radius 3 is 2.88 bits per heavy atom. The number of nitrogens with one attached hydrogen (secondary N) is 2. The van der Waals surface area contributed by atoms with Crippen LogP contribution in [0.5, 0.6) is 0 Å². The summed E-state index contributed by atoms with van der Waals surface area (Å²) in [6.07, 6.45) is 1.29. The van der Waals surface area contributed by atoms with Crippen molar-refractivity contribution in [1.29, 1.82) is 0 Å². The fraction of sp³-hybridized carbons (Fsp3) is 0.818. The van der Waals surface area contributed by atoms with Gasteiger partial charge < -0.3 is 20.5 Å². The molecule has 0 aliphatic carbocycles. The molecular weight excluding hydrogens is 224 g/mol. The third-order valence-electron chi connectivity index (χ3n) is 2.69. The van der Waals surface area contributed by atoms with Crippen LogP contribution in [0.15, 0.2) is 0 Å². The molecule has 98 valence electrons. The maximum Gasteiger partial charge on any atom is 0.306 e. The van der Waals surface area contributed by atoms with Crippen molar-refractivity contribution in [2.24, 2.45) is 0 Å². The summed E-state index contributed by atoms with van der Waals surface area (Å²) in [7, 11) is 0. The van der Waals surface area contributed by atoms with Crippen LogP contribution in [0.1, 0.15) is 26.2 Å². The van der Waals surface area contributed by atoms with Crippen molar-refractivity contribution in [2.45, 2.75) is 38.3 Å². The van der Waals surface area contributed by atoms with E-state index in [1.165, 1.54) is 0 Å². The van der Waals surface area contributed by atoms with E-state index in [0.717, 1.165) is 19.4 Å². The number of carboxylic acids is 1. The average Bonchev–Trinajstić information content (AvgIpc) is 2.78. The lowest BCUT2D eigenvalue weighted by Crippen LogP contribution is -2.44. The second-order valence-electron chi connectivity index (χ2n) is 4.07. The summed E-state index contributed by atoms with van der Waals surface area (Å²) in [5.41, 5.74) is 0. The van der Waals surface area contributed by atoms with Crippen LogP contribution >= 0.6 is 0 Å². The predicted octanol–water partition coefficient (Wildman–Crippen LogP) is -0.266. The van der Waals surface area contributed by atoms with Crippen LogP contribution in [0.4, 0.5) is 0 Å². The molecule has 1 rings (SSSR count). The first-order chi connectivity index (χ1) is 8.13. The smallest absolute Gasteiger partial charge is 0.306 e. The van der Waals surface area contributed by atoms with Crippen LogP contribution in [0.2, 0.25) is 0 Å². The molecule has 17 heavy (non-hydrogen) atoms. The van der Waals surface area contributed by atoms with Gasteiger partial charge in [-0.05, 0) is 26.3 Å². The summed E-state index contributed by atoms with van der Waals surface area (Å²) >= 11 is 0. The largest absolute Gasteiger partial charge is 0.481 e. The van der Waals surface area contributed by atoms with Gasteiger partial charge in [-0.2, -0.15) is 0 Å². The number of carbonyl (C=O) groups excluding carboxylic acids is 1. The highest BCUT2D eigenvalue weighted by atomic mass is 16.5. The van der Waals surface area contributed by atoms with E-state index in [4.69, 9.17) is 9.84 Å². The zero-order valence-corrected chi connectivity index (χ0v) is 10.1. The van der Waals surface area contributed by atoms with Gasteiger partial charge in [-0.1, -0.05) is 0 Å². The number of hydrogen-bond donors (Lipinski definition) is 3. The first-order valence-corrected chi connectivity index (χ1v) is 5.98. The molecular formula is C11H20N2O4. The van der Waals surface area contributed by atoms with Crippen molar-refractivity contribution in [3.8, 4) is 0 Å². The standard InChI is InChI=1S/C11H20N2O4/c1-2-17-8(6-10(14)15)7-13-11(16)9-4-3-5-12-9/h8-9,12H,2-7H2,1H3,(H,13,16)(H,14,15)/t8?,9-/m0/s1. The van der Waals surface area contributed by atoms with Crippen molar-refractivity contribution in [3.05, 3.63) is 0 Å². The Labute approximate surface area is 101 Å². The number of ether oxygens (including phenoxy) is 1. The van der Waals surface area contributed by atoms with Crippen molar-refractivity contribution < 1.29 is 19.4 Å². The normalized spacial score (nSPS) is 21.1. The fourth-order valence-corrected chi connectivity index (χ4v) is 1.87. The minimum atomic E-state index is -0.920. The van der Waals surface area contributed by atoms with Gasteiger partial charge >= 0.3 is 5.97 Å². The molecule has 0 aromatic rings. The monoisotopic (exact) mass is 244 g/mol. The summed E-state index contributed by atoms with van der Waals surface area (Å²) in [6, 6.07) is -0.137. The minimum absolute atomic E-state index is 0.0717. The highest BCUT2D eigenvalue weighted by molar-refractivity contribution is 5.82. The number of carboxylic acid groups (broad SMARTS) is 1. The van der Waals surface area contributed by atoms with Crippen LogP contribution in [-0.2, 0) is 14.3 Å². The Bertz CT molecular complexity index is 264. The lowest BCUT2D eigenvalue weighted by molar-refractivity contribution is -0.140. The van der Waals surface area contributed by atoms with Crippen LogP contribution in [0.25, 0.3) is 0 Å². The third-order valence-corrected chi connectivity index (χ3v) is 2.69. The molecule has 3 N–H and O–H groups in total. The zero-order valence-electron chi connectivity index (χ0n) is 10.1. The Hall–Kier alpha value is -1.14. The molecule has 0 spiro atoms. The van der Waals surface area contributed by atoms with E-state index in [2.05, 4.69) is 10.6 Å². The Morgan fingerprint density at radius 1 is 1.59 bits per heavy atom. The molecule has 6 heteroatoms. The molecule has 0 bridgehead atoms. The van der Waals surface area contributed by atoms with Crippen molar-refractivity contribution in [1.82, 2.24) is 10.6 Å². The highest BCUT2D eigenvalue weighted by Gasteiger charge is 2.23. The van der Waals surface area contributed by atoms with Gasteiger partial charge in [0.2, 0.25) is 5.91 Å². The first kappa shape index (κ1) is 13.9. The third kappa shape index (κ3) is 5.14.